The molecule has 9 heteroatoms. The predicted octanol–water partition coefficient (Wildman–Crippen LogP) is 3.85. The summed E-state index contributed by atoms with van der Waals surface area (Å²) in [6.07, 6.45) is -2.72. The fourth-order valence-electron chi connectivity index (χ4n) is 3.17. The molecule has 1 aliphatic heterocycles. The Morgan fingerprint density at radius 2 is 1.93 bits per heavy atom. The van der Waals surface area contributed by atoms with E-state index >= 15 is 0 Å². The molecule has 1 aliphatic rings. The molecular weight excluding hydrogens is 373 g/mol. The second-order valence-electron chi connectivity index (χ2n) is 6.52. The highest BCUT2D eigenvalue weighted by atomic mass is 19.4. The highest BCUT2D eigenvalue weighted by Gasteiger charge is 2.31. The Bertz CT molecular complexity index is 827. The number of methoxy groups -OCH3 is 1. The number of piperazine rings is 1. The van der Waals surface area contributed by atoms with Gasteiger partial charge in [0, 0.05) is 37.6 Å². The number of pyridine rings is 1. The van der Waals surface area contributed by atoms with Gasteiger partial charge in [0.2, 0.25) is 0 Å². The molecule has 0 spiro atoms. The van der Waals surface area contributed by atoms with Crippen molar-refractivity contribution in [1.29, 1.82) is 0 Å². The summed E-state index contributed by atoms with van der Waals surface area (Å²) in [5, 5.41) is 2.66. The zero-order chi connectivity index (χ0) is 20.3. The zero-order valence-corrected chi connectivity index (χ0v) is 15.5. The van der Waals surface area contributed by atoms with Crippen molar-refractivity contribution in [2.45, 2.75) is 19.1 Å². The molecule has 0 aliphatic carbocycles. The van der Waals surface area contributed by atoms with Crippen LogP contribution in [-0.2, 0) is 6.18 Å². The molecule has 1 atom stereocenters. The average molecular weight is 394 g/mol. The molecule has 1 unspecified atom stereocenters. The Labute approximate surface area is 160 Å². The van der Waals surface area contributed by atoms with Crippen LogP contribution in [0.15, 0.2) is 42.6 Å². The van der Waals surface area contributed by atoms with Crippen LogP contribution in [-0.4, -0.2) is 48.7 Å². The van der Waals surface area contributed by atoms with Gasteiger partial charge in [-0.2, -0.15) is 13.2 Å². The van der Waals surface area contributed by atoms with Gasteiger partial charge in [-0.1, -0.05) is 0 Å². The number of hydrogen-bond donors (Lipinski definition) is 1. The van der Waals surface area contributed by atoms with Crippen molar-refractivity contribution in [3.05, 3.63) is 48.2 Å². The maximum Gasteiger partial charge on any atom is 0.416 e. The molecule has 0 saturated carbocycles. The van der Waals surface area contributed by atoms with Gasteiger partial charge in [-0.3, -0.25) is 0 Å². The second-order valence-corrected chi connectivity index (χ2v) is 6.52. The van der Waals surface area contributed by atoms with Crippen LogP contribution in [0.3, 0.4) is 0 Å². The van der Waals surface area contributed by atoms with Gasteiger partial charge in [0.05, 0.1) is 12.7 Å². The molecule has 1 N–H and O–H groups in total. The lowest BCUT2D eigenvalue weighted by atomic mass is 10.2. The summed E-state index contributed by atoms with van der Waals surface area (Å²) in [5.41, 5.74) is -0.434. The van der Waals surface area contributed by atoms with E-state index < -0.39 is 11.7 Å². The highest BCUT2D eigenvalue weighted by molar-refractivity contribution is 5.89. The molecule has 0 radical (unpaired) electrons. The molecule has 28 heavy (non-hydrogen) atoms. The number of rotatable bonds is 3. The first-order valence-electron chi connectivity index (χ1n) is 8.78. The topological polar surface area (TPSA) is 57.7 Å². The standard InChI is InChI=1S/C19H21F3N4O2/c1-13-12-25(17-16(28-2)4-3-9-23-17)10-11-26(13)18(27)24-15-7-5-14(6-8-15)19(20,21)22/h3-9,13H,10-12H2,1-2H3,(H,24,27). The molecule has 2 aromatic rings. The van der Waals surface area contributed by atoms with Crippen LogP contribution in [0.1, 0.15) is 12.5 Å². The molecule has 1 aromatic carbocycles. The number of ether oxygens (including phenoxy) is 1. The molecule has 1 saturated heterocycles. The van der Waals surface area contributed by atoms with E-state index in [1.807, 2.05) is 17.9 Å². The van der Waals surface area contributed by atoms with Crippen LogP contribution < -0.4 is 15.0 Å². The Balaban J connectivity index is 1.63. The van der Waals surface area contributed by atoms with E-state index in [2.05, 4.69) is 10.3 Å². The van der Waals surface area contributed by atoms with E-state index in [1.54, 1.807) is 24.3 Å². The largest absolute Gasteiger partial charge is 0.493 e. The number of amides is 2. The van der Waals surface area contributed by atoms with Crippen LogP contribution in [0.2, 0.25) is 0 Å². The van der Waals surface area contributed by atoms with Crippen LogP contribution in [0.5, 0.6) is 5.75 Å². The number of aromatic nitrogens is 1. The summed E-state index contributed by atoms with van der Waals surface area (Å²) in [4.78, 5) is 20.6. The lowest BCUT2D eigenvalue weighted by Crippen LogP contribution is -2.55. The first-order valence-corrected chi connectivity index (χ1v) is 8.78. The molecule has 150 valence electrons. The minimum absolute atomic E-state index is 0.116. The van der Waals surface area contributed by atoms with Gasteiger partial charge in [0.15, 0.2) is 11.6 Å². The van der Waals surface area contributed by atoms with E-state index in [0.717, 1.165) is 18.0 Å². The van der Waals surface area contributed by atoms with E-state index in [9.17, 15) is 18.0 Å². The zero-order valence-electron chi connectivity index (χ0n) is 15.5. The van der Waals surface area contributed by atoms with Crippen molar-refractivity contribution in [1.82, 2.24) is 9.88 Å². The van der Waals surface area contributed by atoms with Gasteiger partial charge in [-0.05, 0) is 43.3 Å². The number of hydrogen-bond acceptors (Lipinski definition) is 4. The number of carbonyl (C=O) groups excluding carboxylic acids is 1. The Hall–Kier alpha value is -2.97. The number of nitrogens with one attached hydrogen (secondary N) is 1. The third-order valence-electron chi connectivity index (χ3n) is 4.62. The van der Waals surface area contributed by atoms with E-state index in [4.69, 9.17) is 4.74 Å². The number of anilines is 2. The Morgan fingerprint density at radius 1 is 1.21 bits per heavy atom. The van der Waals surface area contributed by atoms with Crippen LogP contribution >= 0.6 is 0 Å². The van der Waals surface area contributed by atoms with E-state index in [0.29, 0.717) is 31.1 Å². The number of alkyl halides is 3. The highest BCUT2D eigenvalue weighted by Crippen LogP contribution is 2.30. The van der Waals surface area contributed by atoms with Gasteiger partial charge in [0.25, 0.3) is 0 Å². The van der Waals surface area contributed by atoms with E-state index in [1.165, 1.54) is 12.1 Å². The maximum atomic E-state index is 12.6. The quantitative estimate of drug-likeness (QED) is 0.859. The lowest BCUT2D eigenvalue weighted by molar-refractivity contribution is -0.137. The van der Waals surface area contributed by atoms with Gasteiger partial charge < -0.3 is 19.9 Å². The first-order chi connectivity index (χ1) is 13.3. The maximum absolute atomic E-state index is 12.6. The Kier molecular flexibility index (Phi) is 5.62. The minimum Gasteiger partial charge on any atom is -0.493 e. The molecule has 3 rings (SSSR count). The monoisotopic (exact) mass is 394 g/mol. The summed E-state index contributed by atoms with van der Waals surface area (Å²) in [6.45, 7) is 3.49. The molecule has 0 bridgehead atoms. The second kappa shape index (κ2) is 7.95. The number of carbonyl (C=O) groups is 1. The summed E-state index contributed by atoms with van der Waals surface area (Å²) in [5.74, 6) is 1.39. The first kappa shape index (κ1) is 19.8. The number of benzene rings is 1. The van der Waals surface area contributed by atoms with E-state index in [-0.39, 0.29) is 12.1 Å². The average Bonchev–Trinajstić information content (AvgIpc) is 2.67. The van der Waals surface area contributed by atoms with Gasteiger partial charge in [-0.15, -0.1) is 0 Å². The minimum atomic E-state index is -4.40. The predicted molar refractivity (Wildman–Crippen MR) is 99.6 cm³/mol. The molecule has 1 aromatic heterocycles. The summed E-state index contributed by atoms with van der Waals surface area (Å²) >= 11 is 0. The van der Waals surface area contributed by atoms with Crippen molar-refractivity contribution < 1.29 is 22.7 Å². The Morgan fingerprint density at radius 3 is 2.54 bits per heavy atom. The van der Waals surface area contributed by atoms with Crippen LogP contribution in [0.25, 0.3) is 0 Å². The lowest BCUT2D eigenvalue weighted by Gasteiger charge is -2.40. The number of halogens is 3. The summed E-state index contributed by atoms with van der Waals surface area (Å²) < 4.78 is 43.3. The third-order valence-corrected chi connectivity index (χ3v) is 4.62. The smallest absolute Gasteiger partial charge is 0.416 e. The van der Waals surface area contributed by atoms with Gasteiger partial charge in [-0.25, -0.2) is 9.78 Å². The molecule has 1 fully saturated rings. The van der Waals surface area contributed by atoms with Gasteiger partial charge in [0.1, 0.15) is 0 Å². The molecular formula is C19H21F3N4O2. The fourth-order valence-corrected chi connectivity index (χ4v) is 3.17. The van der Waals surface area contributed by atoms with Crippen molar-refractivity contribution in [3.63, 3.8) is 0 Å². The van der Waals surface area contributed by atoms with Gasteiger partial charge >= 0.3 is 12.2 Å². The normalized spacial score (nSPS) is 17.4. The van der Waals surface area contributed by atoms with Crippen molar-refractivity contribution in [3.8, 4) is 5.75 Å². The van der Waals surface area contributed by atoms with Crippen molar-refractivity contribution in [2.24, 2.45) is 0 Å². The molecule has 2 amide bonds. The third kappa shape index (κ3) is 4.29. The SMILES string of the molecule is COc1cccnc1N1CCN(C(=O)Nc2ccc(C(F)(F)F)cc2)C(C)C1. The molecule has 2 heterocycles. The fraction of sp³-hybridized carbons (Fsp3) is 0.368. The molecule has 6 nitrogen and oxygen atoms in total. The van der Waals surface area contributed by atoms with Crippen molar-refractivity contribution in [2.75, 3.05) is 37.0 Å². The number of nitrogens with zero attached hydrogens (tertiary/aromatic N) is 3. The van der Waals surface area contributed by atoms with Crippen molar-refractivity contribution >= 4 is 17.5 Å². The van der Waals surface area contributed by atoms with Crippen LogP contribution in [0.4, 0.5) is 29.5 Å². The number of urea groups is 1. The van der Waals surface area contributed by atoms with Crippen LogP contribution in [0, 0.1) is 0 Å². The summed E-state index contributed by atoms with van der Waals surface area (Å²) in [6, 6.07) is 7.56. The summed E-state index contributed by atoms with van der Waals surface area (Å²) in [7, 11) is 1.58.